The van der Waals surface area contributed by atoms with E-state index in [1.807, 2.05) is 25.1 Å². The van der Waals surface area contributed by atoms with E-state index in [1.54, 1.807) is 16.2 Å². The van der Waals surface area contributed by atoms with E-state index < -0.39 is 6.04 Å². The fraction of sp³-hybridized carbons (Fsp3) is 0.423. The van der Waals surface area contributed by atoms with Gasteiger partial charge in [0.1, 0.15) is 22.5 Å². The Bertz CT molecular complexity index is 1380. The van der Waals surface area contributed by atoms with Crippen LogP contribution in [0.4, 0.5) is 5.82 Å². The lowest BCUT2D eigenvalue weighted by Gasteiger charge is -2.29. The van der Waals surface area contributed by atoms with E-state index in [4.69, 9.17) is 9.97 Å². The van der Waals surface area contributed by atoms with Crippen molar-refractivity contribution in [3.8, 4) is 0 Å². The molecule has 35 heavy (non-hydrogen) atoms. The number of anilines is 1. The first kappa shape index (κ1) is 22.2. The second-order valence-corrected chi connectivity index (χ2v) is 10.7. The number of benzene rings is 1. The van der Waals surface area contributed by atoms with Crippen molar-refractivity contribution in [3.05, 3.63) is 51.2 Å². The largest absolute Gasteiger partial charge is 0.365 e. The van der Waals surface area contributed by atoms with Gasteiger partial charge in [-0.3, -0.25) is 19.7 Å². The van der Waals surface area contributed by atoms with Gasteiger partial charge in [0.15, 0.2) is 0 Å². The summed E-state index contributed by atoms with van der Waals surface area (Å²) in [7, 11) is 0. The zero-order valence-corrected chi connectivity index (χ0v) is 20.5. The van der Waals surface area contributed by atoms with E-state index >= 15 is 0 Å². The van der Waals surface area contributed by atoms with E-state index in [0.29, 0.717) is 25.1 Å². The molecule has 1 saturated heterocycles. The maximum Gasteiger partial charge on any atom is 0.255 e. The summed E-state index contributed by atoms with van der Waals surface area (Å²) < 4.78 is 0. The van der Waals surface area contributed by atoms with Crippen LogP contribution in [0, 0.1) is 6.92 Å². The molecule has 2 aromatic heterocycles. The van der Waals surface area contributed by atoms with Crippen molar-refractivity contribution in [1.29, 1.82) is 0 Å². The van der Waals surface area contributed by atoms with E-state index in [0.717, 1.165) is 45.8 Å². The number of aromatic nitrogens is 2. The molecule has 3 aromatic rings. The summed E-state index contributed by atoms with van der Waals surface area (Å²) in [6.45, 7) is 2.85. The van der Waals surface area contributed by atoms with Gasteiger partial charge in [-0.05, 0) is 61.8 Å². The number of amides is 3. The molecule has 0 bridgehead atoms. The summed E-state index contributed by atoms with van der Waals surface area (Å²) in [5.41, 5.74) is 3.91. The number of hydrogen-bond donors (Lipinski definition) is 2. The summed E-state index contributed by atoms with van der Waals surface area (Å²) in [5.74, 6) is 0.798. The first-order valence-electron chi connectivity index (χ1n) is 12.3. The molecule has 1 unspecified atom stereocenters. The van der Waals surface area contributed by atoms with Gasteiger partial charge in [0.05, 0.1) is 5.39 Å². The van der Waals surface area contributed by atoms with Crippen LogP contribution in [-0.4, -0.2) is 38.6 Å². The van der Waals surface area contributed by atoms with Crippen LogP contribution in [0.5, 0.6) is 0 Å². The summed E-state index contributed by atoms with van der Waals surface area (Å²) >= 11 is 1.80. The van der Waals surface area contributed by atoms with Gasteiger partial charge in [-0.15, -0.1) is 11.3 Å². The molecule has 1 aromatic carbocycles. The van der Waals surface area contributed by atoms with Crippen molar-refractivity contribution in [2.24, 2.45) is 0 Å². The average Bonchev–Trinajstić information content (AvgIpc) is 3.24. The maximum atomic E-state index is 13.1. The Morgan fingerprint density at radius 3 is 2.83 bits per heavy atom. The molecular weight excluding hydrogens is 462 g/mol. The first-order valence-corrected chi connectivity index (χ1v) is 13.1. The number of hydrogen-bond acceptors (Lipinski definition) is 7. The van der Waals surface area contributed by atoms with E-state index in [-0.39, 0.29) is 24.1 Å². The normalized spacial score (nSPS) is 20.0. The summed E-state index contributed by atoms with van der Waals surface area (Å²) in [5, 5.41) is 7.03. The standard InChI is InChI=1S/C26H27N5O3S/c1-14-28-23(22-17-5-3-2-4-6-20(17)35-25(22)29-14)27-12-15-7-8-16-13-31(26(34)18(16)11-15)19-9-10-21(32)30-24(19)33/h7-8,11,19H,2-6,9-10,12-13H2,1H3,(H,27,28,29)(H,30,32,33). The number of carbonyl (C=O) groups excluding carboxylic acids is 3. The van der Waals surface area contributed by atoms with Crippen molar-refractivity contribution >= 4 is 45.1 Å². The van der Waals surface area contributed by atoms with Gasteiger partial charge in [0, 0.05) is 30.0 Å². The third-order valence-electron chi connectivity index (χ3n) is 7.23. The van der Waals surface area contributed by atoms with Crippen LogP contribution in [0.15, 0.2) is 18.2 Å². The Hall–Kier alpha value is -3.33. The Morgan fingerprint density at radius 1 is 1.11 bits per heavy atom. The van der Waals surface area contributed by atoms with Gasteiger partial charge < -0.3 is 10.2 Å². The summed E-state index contributed by atoms with van der Waals surface area (Å²) in [4.78, 5) is 50.5. The number of thiophene rings is 1. The first-order chi connectivity index (χ1) is 17.0. The fourth-order valence-corrected chi connectivity index (χ4v) is 6.77. The third-order valence-corrected chi connectivity index (χ3v) is 8.41. The smallest absolute Gasteiger partial charge is 0.255 e. The topological polar surface area (TPSA) is 104 Å². The lowest BCUT2D eigenvalue weighted by molar-refractivity contribution is -0.136. The van der Waals surface area contributed by atoms with Crippen molar-refractivity contribution in [2.75, 3.05) is 5.32 Å². The predicted molar refractivity (Wildman–Crippen MR) is 133 cm³/mol. The molecule has 1 aliphatic carbocycles. The van der Waals surface area contributed by atoms with Crippen molar-refractivity contribution in [1.82, 2.24) is 20.2 Å². The van der Waals surface area contributed by atoms with Crippen molar-refractivity contribution in [3.63, 3.8) is 0 Å². The highest BCUT2D eigenvalue weighted by Crippen LogP contribution is 2.38. The minimum atomic E-state index is -0.597. The van der Waals surface area contributed by atoms with Gasteiger partial charge in [0.25, 0.3) is 5.91 Å². The molecule has 6 rings (SSSR count). The van der Waals surface area contributed by atoms with Crippen LogP contribution in [0.1, 0.15) is 69.9 Å². The Morgan fingerprint density at radius 2 is 1.97 bits per heavy atom. The van der Waals surface area contributed by atoms with Gasteiger partial charge in [-0.1, -0.05) is 18.6 Å². The highest BCUT2D eigenvalue weighted by molar-refractivity contribution is 7.19. The SMILES string of the molecule is Cc1nc(NCc2ccc3c(c2)C(=O)N(C2CCC(=O)NC2=O)C3)c2c3c(sc2n1)CCCCC3. The molecule has 1 fully saturated rings. The lowest BCUT2D eigenvalue weighted by atomic mass is 10.0. The number of fused-ring (bicyclic) bond motifs is 4. The van der Waals surface area contributed by atoms with Gasteiger partial charge >= 0.3 is 0 Å². The monoisotopic (exact) mass is 489 g/mol. The lowest BCUT2D eigenvalue weighted by Crippen LogP contribution is -2.52. The molecule has 1 atom stereocenters. The maximum absolute atomic E-state index is 13.1. The number of carbonyl (C=O) groups is 3. The van der Waals surface area contributed by atoms with Crippen molar-refractivity contribution < 1.29 is 14.4 Å². The molecule has 3 aliphatic rings. The molecule has 0 radical (unpaired) electrons. The van der Waals surface area contributed by atoms with Gasteiger partial charge in [-0.25, -0.2) is 9.97 Å². The molecule has 4 heterocycles. The third kappa shape index (κ3) is 3.97. The van der Waals surface area contributed by atoms with E-state index in [1.165, 1.54) is 29.7 Å². The quantitative estimate of drug-likeness (QED) is 0.428. The molecular formula is C26H27N5O3S. The second kappa shape index (κ2) is 8.71. The minimum absolute atomic E-state index is 0.153. The van der Waals surface area contributed by atoms with Crippen LogP contribution >= 0.6 is 11.3 Å². The number of nitrogens with one attached hydrogen (secondary N) is 2. The van der Waals surface area contributed by atoms with Crippen LogP contribution in [0.3, 0.4) is 0 Å². The van der Waals surface area contributed by atoms with Gasteiger partial charge in [0.2, 0.25) is 11.8 Å². The number of piperidine rings is 1. The van der Waals surface area contributed by atoms with Crippen LogP contribution in [0.25, 0.3) is 10.2 Å². The minimum Gasteiger partial charge on any atom is -0.365 e. The Labute approximate surface area is 207 Å². The summed E-state index contributed by atoms with van der Waals surface area (Å²) in [6.07, 6.45) is 6.50. The molecule has 0 spiro atoms. The highest BCUT2D eigenvalue weighted by atomic mass is 32.1. The fourth-order valence-electron chi connectivity index (χ4n) is 5.47. The molecule has 8 nitrogen and oxygen atoms in total. The molecule has 0 saturated carbocycles. The number of rotatable bonds is 4. The zero-order chi connectivity index (χ0) is 24.1. The van der Waals surface area contributed by atoms with Crippen LogP contribution < -0.4 is 10.6 Å². The molecule has 2 aliphatic heterocycles. The average molecular weight is 490 g/mol. The second-order valence-electron chi connectivity index (χ2n) is 9.61. The highest BCUT2D eigenvalue weighted by Gasteiger charge is 2.39. The zero-order valence-electron chi connectivity index (χ0n) is 19.6. The Balaban J connectivity index is 1.24. The number of nitrogens with zero attached hydrogens (tertiary/aromatic N) is 3. The van der Waals surface area contributed by atoms with Crippen LogP contribution in [-0.2, 0) is 35.5 Å². The number of aryl methyl sites for hydroxylation is 3. The molecule has 3 amide bonds. The molecule has 2 N–H and O–H groups in total. The summed E-state index contributed by atoms with van der Waals surface area (Å²) in [6, 6.07) is 5.30. The predicted octanol–water partition coefficient (Wildman–Crippen LogP) is 3.64. The van der Waals surface area contributed by atoms with E-state index in [9.17, 15) is 14.4 Å². The van der Waals surface area contributed by atoms with Crippen LogP contribution in [0.2, 0.25) is 0 Å². The molecule has 180 valence electrons. The van der Waals surface area contributed by atoms with Gasteiger partial charge in [-0.2, -0.15) is 0 Å². The van der Waals surface area contributed by atoms with Crippen molar-refractivity contribution in [2.45, 2.75) is 71.0 Å². The van der Waals surface area contributed by atoms with E-state index in [2.05, 4.69) is 10.6 Å². The number of imide groups is 1. The molecule has 9 heteroatoms. The Kier molecular flexibility index (Phi) is 5.51.